The molecule has 1 fully saturated rings. The SMILES string of the molecule is O=C(O)CCN1C(=O)/C(=C\c2cc(Br)ccc2OCc2ccc(Cl)cc2)SC1=S. The topological polar surface area (TPSA) is 66.8 Å². The largest absolute Gasteiger partial charge is 0.488 e. The highest BCUT2D eigenvalue weighted by molar-refractivity contribution is 9.10. The van der Waals surface area contributed by atoms with Gasteiger partial charge in [-0.25, -0.2) is 0 Å². The Kier molecular flexibility index (Phi) is 7.34. The summed E-state index contributed by atoms with van der Waals surface area (Å²) in [7, 11) is 0. The second-order valence-corrected chi connectivity index (χ2v) is 9.10. The van der Waals surface area contributed by atoms with Crippen molar-refractivity contribution in [1.29, 1.82) is 0 Å². The molecule has 29 heavy (non-hydrogen) atoms. The van der Waals surface area contributed by atoms with Gasteiger partial charge in [0.25, 0.3) is 5.91 Å². The van der Waals surface area contributed by atoms with E-state index in [1.54, 1.807) is 18.2 Å². The molecule has 0 spiro atoms. The molecular weight excluding hydrogens is 498 g/mol. The molecule has 0 atom stereocenters. The number of rotatable bonds is 7. The maximum atomic E-state index is 12.6. The summed E-state index contributed by atoms with van der Waals surface area (Å²) in [6.07, 6.45) is 1.55. The number of aliphatic carboxylic acids is 1. The van der Waals surface area contributed by atoms with Gasteiger partial charge in [-0.2, -0.15) is 0 Å². The number of benzene rings is 2. The van der Waals surface area contributed by atoms with E-state index in [0.717, 1.165) is 21.8 Å². The number of hydrogen-bond donors (Lipinski definition) is 1. The molecule has 1 N–H and O–H groups in total. The lowest BCUT2D eigenvalue weighted by Crippen LogP contribution is -2.30. The molecule has 0 saturated carbocycles. The van der Waals surface area contributed by atoms with E-state index in [4.69, 9.17) is 33.7 Å². The fraction of sp³-hybridized carbons (Fsp3) is 0.150. The molecule has 0 aromatic heterocycles. The number of carbonyl (C=O) groups is 2. The van der Waals surface area contributed by atoms with Crippen LogP contribution in [-0.4, -0.2) is 32.7 Å². The van der Waals surface area contributed by atoms with E-state index in [-0.39, 0.29) is 18.9 Å². The lowest BCUT2D eigenvalue weighted by atomic mass is 10.1. The van der Waals surface area contributed by atoms with E-state index < -0.39 is 5.97 Å². The van der Waals surface area contributed by atoms with E-state index >= 15 is 0 Å². The fourth-order valence-corrected chi connectivity index (χ4v) is 4.35. The van der Waals surface area contributed by atoms with Crippen LogP contribution in [0.5, 0.6) is 5.75 Å². The minimum absolute atomic E-state index is 0.0513. The Hall–Kier alpha value is -1.87. The predicted molar refractivity (Wildman–Crippen MR) is 122 cm³/mol. The summed E-state index contributed by atoms with van der Waals surface area (Å²) in [5.74, 6) is -0.670. The van der Waals surface area contributed by atoms with Crippen LogP contribution in [0, 0.1) is 0 Å². The third kappa shape index (κ3) is 5.82. The summed E-state index contributed by atoms with van der Waals surface area (Å²) in [5.41, 5.74) is 1.68. The monoisotopic (exact) mass is 511 g/mol. The number of halogens is 2. The van der Waals surface area contributed by atoms with Crippen LogP contribution in [0.3, 0.4) is 0 Å². The molecule has 2 aromatic rings. The molecule has 0 aliphatic carbocycles. The van der Waals surface area contributed by atoms with Gasteiger partial charge in [0.15, 0.2) is 0 Å². The van der Waals surface area contributed by atoms with Crippen LogP contribution in [0.1, 0.15) is 17.5 Å². The minimum Gasteiger partial charge on any atom is -0.488 e. The van der Waals surface area contributed by atoms with Crippen molar-refractivity contribution >= 4 is 73.8 Å². The van der Waals surface area contributed by atoms with Crippen LogP contribution in [0.25, 0.3) is 6.08 Å². The Labute approximate surface area is 190 Å². The number of thioether (sulfide) groups is 1. The lowest BCUT2D eigenvalue weighted by molar-refractivity contribution is -0.137. The van der Waals surface area contributed by atoms with Crippen molar-refractivity contribution in [3.8, 4) is 5.75 Å². The number of hydrogen-bond acceptors (Lipinski definition) is 5. The number of thiocarbonyl (C=S) groups is 1. The summed E-state index contributed by atoms with van der Waals surface area (Å²) in [6.45, 7) is 0.398. The van der Waals surface area contributed by atoms with Crippen molar-refractivity contribution in [3.05, 3.63) is 68.0 Å². The van der Waals surface area contributed by atoms with Gasteiger partial charge in [-0.3, -0.25) is 14.5 Å². The van der Waals surface area contributed by atoms with Crippen LogP contribution in [0.4, 0.5) is 0 Å². The first kappa shape index (κ1) is 21.8. The Morgan fingerprint density at radius 1 is 1.28 bits per heavy atom. The molecule has 1 heterocycles. The molecule has 3 rings (SSSR count). The maximum Gasteiger partial charge on any atom is 0.305 e. The van der Waals surface area contributed by atoms with Crippen LogP contribution in [0.2, 0.25) is 5.02 Å². The third-order valence-electron chi connectivity index (χ3n) is 3.99. The van der Waals surface area contributed by atoms with Gasteiger partial charge in [-0.15, -0.1) is 0 Å². The minimum atomic E-state index is -0.979. The fourth-order valence-electron chi connectivity index (χ4n) is 2.55. The Morgan fingerprint density at radius 3 is 2.69 bits per heavy atom. The van der Waals surface area contributed by atoms with E-state index in [9.17, 15) is 9.59 Å². The Balaban J connectivity index is 1.80. The molecule has 1 amide bonds. The number of carboxylic acids is 1. The molecule has 9 heteroatoms. The Morgan fingerprint density at radius 2 is 2.00 bits per heavy atom. The zero-order valence-corrected chi connectivity index (χ0v) is 18.9. The lowest BCUT2D eigenvalue weighted by Gasteiger charge is -2.12. The van der Waals surface area contributed by atoms with Crippen molar-refractivity contribution in [3.63, 3.8) is 0 Å². The first-order chi connectivity index (χ1) is 13.8. The number of ether oxygens (including phenoxy) is 1. The van der Waals surface area contributed by atoms with Crippen molar-refractivity contribution in [2.24, 2.45) is 0 Å². The van der Waals surface area contributed by atoms with Crippen LogP contribution < -0.4 is 4.74 Å². The molecule has 5 nitrogen and oxygen atoms in total. The molecule has 0 unspecified atom stereocenters. The van der Waals surface area contributed by atoms with Gasteiger partial charge in [0.2, 0.25) is 0 Å². The van der Waals surface area contributed by atoms with Crippen LogP contribution in [0.15, 0.2) is 51.8 Å². The van der Waals surface area contributed by atoms with Crippen molar-refractivity contribution < 1.29 is 19.4 Å². The van der Waals surface area contributed by atoms with E-state index in [0.29, 0.717) is 32.2 Å². The predicted octanol–water partition coefficient (Wildman–Crippen LogP) is 5.36. The van der Waals surface area contributed by atoms with Gasteiger partial charge >= 0.3 is 5.97 Å². The zero-order valence-electron chi connectivity index (χ0n) is 14.9. The summed E-state index contributed by atoms with van der Waals surface area (Å²) in [4.78, 5) is 25.2. The molecule has 150 valence electrons. The van der Waals surface area contributed by atoms with Crippen LogP contribution >= 0.6 is 51.5 Å². The number of carbonyl (C=O) groups excluding carboxylic acids is 1. The van der Waals surface area contributed by atoms with Crippen molar-refractivity contribution in [2.75, 3.05) is 6.54 Å². The van der Waals surface area contributed by atoms with Gasteiger partial charge in [-0.1, -0.05) is 63.6 Å². The van der Waals surface area contributed by atoms with Gasteiger partial charge in [-0.05, 0) is 42.0 Å². The van der Waals surface area contributed by atoms with Crippen molar-refractivity contribution in [1.82, 2.24) is 4.90 Å². The molecule has 0 bridgehead atoms. The second kappa shape index (κ2) is 9.75. The average molecular weight is 513 g/mol. The van der Waals surface area contributed by atoms with E-state index in [1.807, 2.05) is 30.3 Å². The first-order valence-corrected chi connectivity index (χ1v) is 10.9. The summed E-state index contributed by atoms with van der Waals surface area (Å²) >= 11 is 15.7. The first-order valence-electron chi connectivity index (χ1n) is 8.47. The number of nitrogens with zero attached hydrogens (tertiary/aromatic N) is 1. The standard InChI is InChI=1S/C20H15BrClNO4S2/c21-14-3-6-16(27-11-12-1-4-15(22)5-2-12)13(9-14)10-17-19(26)23(20(28)29-17)8-7-18(24)25/h1-6,9-10H,7-8,11H2,(H,24,25)/b17-10+. The highest BCUT2D eigenvalue weighted by atomic mass is 79.9. The number of amides is 1. The maximum absolute atomic E-state index is 12.6. The van der Waals surface area contributed by atoms with E-state index in [1.165, 1.54) is 4.90 Å². The van der Waals surface area contributed by atoms with Crippen LogP contribution in [-0.2, 0) is 16.2 Å². The molecule has 1 aliphatic rings. The quantitative estimate of drug-likeness (QED) is 0.398. The van der Waals surface area contributed by atoms with Gasteiger partial charge in [0, 0.05) is 21.6 Å². The van der Waals surface area contributed by atoms with Gasteiger partial charge < -0.3 is 9.84 Å². The molecule has 1 saturated heterocycles. The summed E-state index contributed by atoms with van der Waals surface area (Å²) in [5, 5.41) is 9.51. The highest BCUT2D eigenvalue weighted by Crippen LogP contribution is 2.35. The van der Waals surface area contributed by atoms with Gasteiger partial charge in [0.1, 0.15) is 16.7 Å². The number of carboxylic acid groups (broad SMARTS) is 1. The summed E-state index contributed by atoms with van der Waals surface area (Å²) < 4.78 is 7.13. The molecule has 2 aromatic carbocycles. The average Bonchev–Trinajstić information content (AvgIpc) is 2.93. The normalized spacial score (nSPS) is 15.2. The van der Waals surface area contributed by atoms with E-state index in [2.05, 4.69) is 15.9 Å². The van der Waals surface area contributed by atoms with Gasteiger partial charge in [0.05, 0.1) is 11.3 Å². The second-order valence-electron chi connectivity index (χ2n) is 6.07. The molecular formula is C20H15BrClNO4S2. The Bertz CT molecular complexity index is 994. The third-order valence-corrected chi connectivity index (χ3v) is 6.11. The summed E-state index contributed by atoms with van der Waals surface area (Å²) in [6, 6.07) is 12.9. The van der Waals surface area contributed by atoms with Crippen molar-refractivity contribution in [2.45, 2.75) is 13.0 Å². The highest BCUT2D eigenvalue weighted by Gasteiger charge is 2.32. The smallest absolute Gasteiger partial charge is 0.305 e. The molecule has 1 aliphatic heterocycles. The zero-order chi connectivity index (χ0) is 21.0. The molecule has 0 radical (unpaired) electrons.